The maximum Gasteiger partial charge on any atom is 0.573 e. The molecule has 0 amide bonds. The number of pyridine rings is 1. The van der Waals surface area contributed by atoms with E-state index in [0.29, 0.717) is 34.7 Å². The van der Waals surface area contributed by atoms with Crippen LogP contribution in [0.5, 0.6) is 11.5 Å². The second-order valence-corrected chi connectivity index (χ2v) is 7.42. The Morgan fingerprint density at radius 2 is 1.97 bits per heavy atom. The van der Waals surface area contributed by atoms with Crippen LogP contribution in [0.1, 0.15) is 23.6 Å². The number of alkyl halides is 3. The number of rotatable bonds is 8. The summed E-state index contributed by atoms with van der Waals surface area (Å²) >= 11 is 0. The van der Waals surface area contributed by atoms with E-state index in [9.17, 15) is 23.1 Å². The van der Waals surface area contributed by atoms with Crippen LogP contribution in [0.25, 0.3) is 11.3 Å². The summed E-state index contributed by atoms with van der Waals surface area (Å²) in [6.07, 6.45) is -1.14. The van der Waals surface area contributed by atoms with Gasteiger partial charge in [-0.1, -0.05) is 12.1 Å². The number of halogens is 3. The minimum atomic E-state index is -4.76. The summed E-state index contributed by atoms with van der Waals surface area (Å²) in [6, 6.07) is 9.08. The van der Waals surface area contributed by atoms with Gasteiger partial charge in [0.25, 0.3) is 0 Å². The van der Waals surface area contributed by atoms with Gasteiger partial charge in [0.2, 0.25) is 5.95 Å². The second kappa shape index (κ2) is 8.93. The first kappa shape index (κ1) is 22.3. The lowest BCUT2D eigenvalue weighted by molar-refractivity contribution is -0.274. The predicted octanol–water partition coefficient (Wildman–Crippen LogP) is 4.25. The van der Waals surface area contributed by atoms with Crippen LogP contribution in [0, 0.1) is 5.92 Å². The van der Waals surface area contributed by atoms with Crippen LogP contribution in [-0.4, -0.2) is 39.5 Å². The molecule has 0 saturated heterocycles. The van der Waals surface area contributed by atoms with E-state index >= 15 is 0 Å². The van der Waals surface area contributed by atoms with Gasteiger partial charge in [0, 0.05) is 30.4 Å². The minimum absolute atomic E-state index is 0.192. The van der Waals surface area contributed by atoms with Gasteiger partial charge in [-0.3, -0.25) is 4.79 Å². The third kappa shape index (κ3) is 5.48. The monoisotopic (exact) mass is 460 g/mol. The van der Waals surface area contributed by atoms with Gasteiger partial charge in [-0.25, -0.2) is 15.0 Å². The van der Waals surface area contributed by atoms with Crippen molar-refractivity contribution in [3.8, 4) is 22.8 Å². The van der Waals surface area contributed by atoms with Gasteiger partial charge in [-0.2, -0.15) is 0 Å². The smallest absolute Gasteiger partial charge is 0.495 e. The van der Waals surface area contributed by atoms with Gasteiger partial charge in [0.15, 0.2) is 0 Å². The van der Waals surface area contributed by atoms with E-state index in [1.165, 1.54) is 25.3 Å². The molecule has 1 fully saturated rings. The van der Waals surface area contributed by atoms with Crippen molar-refractivity contribution in [2.75, 3.05) is 12.4 Å². The Kier molecular flexibility index (Phi) is 6.03. The number of carboxylic acid groups (broad SMARTS) is 1. The summed E-state index contributed by atoms with van der Waals surface area (Å²) in [7, 11) is 1.51. The van der Waals surface area contributed by atoms with Crippen LogP contribution in [0.2, 0.25) is 0 Å². The molecule has 0 radical (unpaired) electrons. The predicted molar refractivity (Wildman–Crippen MR) is 111 cm³/mol. The number of carbonyl (C=O) groups is 1. The summed E-state index contributed by atoms with van der Waals surface area (Å²) < 4.78 is 46.4. The zero-order valence-corrected chi connectivity index (χ0v) is 17.3. The van der Waals surface area contributed by atoms with E-state index in [1.54, 1.807) is 30.6 Å². The lowest BCUT2D eigenvalue weighted by Crippen LogP contribution is -2.17. The Balaban J connectivity index is 1.44. The lowest BCUT2D eigenvalue weighted by Gasteiger charge is -2.11. The lowest BCUT2D eigenvalue weighted by atomic mass is 10.1. The highest BCUT2D eigenvalue weighted by Gasteiger charge is 2.46. The normalized spacial score (nSPS) is 17.3. The number of anilines is 1. The molecule has 4 rings (SSSR count). The SMILES string of the molecule is COc1ccc(-c2cnc(NCc3cccc(OC(F)(F)F)c3)nc2)nc1[C@@H]1C[C@H]1C(=O)O. The first-order valence-corrected chi connectivity index (χ1v) is 9.92. The van der Waals surface area contributed by atoms with Crippen LogP contribution in [0.15, 0.2) is 48.8 Å². The van der Waals surface area contributed by atoms with Crippen molar-refractivity contribution < 1.29 is 32.5 Å². The van der Waals surface area contributed by atoms with Gasteiger partial charge >= 0.3 is 12.3 Å². The third-order valence-corrected chi connectivity index (χ3v) is 5.09. The van der Waals surface area contributed by atoms with Gasteiger partial charge < -0.3 is 19.9 Å². The molecule has 11 heteroatoms. The van der Waals surface area contributed by atoms with E-state index in [2.05, 4.69) is 25.0 Å². The average Bonchev–Trinajstić information content (AvgIpc) is 3.58. The third-order valence-electron chi connectivity index (χ3n) is 5.09. The molecule has 172 valence electrons. The van der Waals surface area contributed by atoms with Crippen LogP contribution >= 0.6 is 0 Å². The molecule has 8 nitrogen and oxygen atoms in total. The topological polar surface area (TPSA) is 106 Å². The highest BCUT2D eigenvalue weighted by molar-refractivity contribution is 5.75. The standard InChI is InChI=1S/C22H19F3N4O4/c1-32-18-6-5-17(29-19(18)15-8-16(15)20(30)31)13-10-27-21(28-11-13)26-9-12-3-2-4-14(7-12)33-22(23,24)25/h2-7,10-11,15-16H,8-9H2,1H3,(H,30,31)(H,26,27,28)/t15-,16-/m1/s1. The van der Waals surface area contributed by atoms with E-state index in [0.717, 1.165) is 0 Å². The van der Waals surface area contributed by atoms with Crippen LogP contribution < -0.4 is 14.8 Å². The van der Waals surface area contributed by atoms with Crippen molar-refractivity contribution in [1.82, 2.24) is 15.0 Å². The first-order chi connectivity index (χ1) is 15.7. The van der Waals surface area contributed by atoms with Crippen molar-refractivity contribution >= 4 is 11.9 Å². The molecule has 2 atom stereocenters. The molecule has 0 bridgehead atoms. The van der Waals surface area contributed by atoms with E-state index in [1.807, 2.05) is 0 Å². The Labute approximate surface area is 186 Å². The van der Waals surface area contributed by atoms with Crippen molar-refractivity contribution in [2.24, 2.45) is 5.92 Å². The highest BCUT2D eigenvalue weighted by atomic mass is 19.4. The van der Waals surface area contributed by atoms with Crippen molar-refractivity contribution in [1.29, 1.82) is 0 Å². The minimum Gasteiger partial charge on any atom is -0.495 e. The molecular formula is C22H19F3N4O4. The van der Waals surface area contributed by atoms with Crippen molar-refractivity contribution in [2.45, 2.75) is 25.2 Å². The molecule has 1 aliphatic carbocycles. The molecule has 1 aromatic carbocycles. The molecule has 0 spiro atoms. The number of benzene rings is 1. The van der Waals surface area contributed by atoms with Gasteiger partial charge in [-0.15, -0.1) is 13.2 Å². The molecule has 2 aromatic heterocycles. The van der Waals surface area contributed by atoms with Crippen molar-refractivity contribution in [3.63, 3.8) is 0 Å². The summed E-state index contributed by atoms with van der Waals surface area (Å²) in [5.41, 5.74) is 2.34. The quantitative estimate of drug-likeness (QED) is 0.514. The summed E-state index contributed by atoms with van der Waals surface area (Å²) in [4.78, 5) is 24.3. The molecule has 2 N–H and O–H groups in total. The molecule has 0 unspecified atom stereocenters. The van der Waals surface area contributed by atoms with Gasteiger partial charge in [-0.05, 0) is 36.2 Å². The Hall–Kier alpha value is -3.89. The number of aromatic nitrogens is 3. The second-order valence-electron chi connectivity index (χ2n) is 7.42. The Bertz CT molecular complexity index is 1160. The number of nitrogens with one attached hydrogen (secondary N) is 1. The fourth-order valence-corrected chi connectivity index (χ4v) is 3.42. The molecule has 1 aliphatic rings. The maximum atomic E-state index is 12.4. The number of methoxy groups -OCH3 is 1. The Morgan fingerprint density at radius 1 is 1.21 bits per heavy atom. The number of ether oxygens (including phenoxy) is 2. The summed E-state index contributed by atoms with van der Waals surface area (Å²) in [5.74, 6) is -1.02. The van der Waals surface area contributed by atoms with Crippen LogP contribution in [-0.2, 0) is 11.3 Å². The summed E-state index contributed by atoms with van der Waals surface area (Å²) in [5, 5.41) is 12.2. The largest absolute Gasteiger partial charge is 0.573 e. The highest BCUT2D eigenvalue weighted by Crippen LogP contribution is 2.50. The zero-order chi connectivity index (χ0) is 23.6. The molecule has 0 aliphatic heterocycles. The Morgan fingerprint density at radius 3 is 2.61 bits per heavy atom. The fraction of sp³-hybridized carbons (Fsp3) is 0.273. The molecule has 2 heterocycles. The molecule has 1 saturated carbocycles. The number of hydrogen-bond acceptors (Lipinski definition) is 7. The van der Waals surface area contributed by atoms with Gasteiger partial charge in [0.05, 0.1) is 24.4 Å². The number of hydrogen-bond donors (Lipinski definition) is 2. The average molecular weight is 460 g/mol. The molecule has 3 aromatic rings. The van der Waals surface area contributed by atoms with E-state index < -0.39 is 18.2 Å². The van der Waals surface area contributed by atoms with E-state index in [4.69, 9.17) is 4.74 Å². The van der Waals surface area contributed by atoms with Crippen molar-refractivity contribution in [3.05, 3.63) is 60.0 Å². The van der Waals surface area contributed by atoms with Crippen LogP contribution in [0.3, 0.4) is 0 Å². The molecular weight excluding hydrogens is 441 g/mol. The summed E-state index contributed by atoms with van der Waals surface area (Å²) in [6.45, 7) is 0.192. The fourth-order valence-electron chi connectivity index (χ4n) is 3.42. The molecule has 33 heavy (non-hydrogen) atoms. The number of aliphatic carboxylic acids is 1. The van der Waals surface area contributed by atoms with E-state index in [-0.39, 0.29) is 24.2 Å². The number of carboxylic acids is 1. The zero-order valence-electron chi connectivity index (χ0n) is 17.3. The first-order valence-electron chi connectivity index (χ1n) is 9.92. The van der Waals surface area contributed by atoms with Crippen LogP contribution in [0.4, 0.5) is 19.1 Å². The number of nitrogens with zero attached hydrogens (tertiary/aromatic N) is 3. The van der Waals surface area contributed by atoms with Gasteiger partial charge in [0.1, 0.15) is 11.5 Å². The maximum absolute atomic E-state index is 12.4.